The Morgan fingerprint density at radius 1 is 0.339 bits per heavy atom. The fraction of sp³-hybridized carbons (Fsp3) is 0.653. The summed E-state index contributed by atoms with van der Waals surface area (Å²) < 4.78 is 0. The minimum absolute atomic E-state index is 0.0825. The van der Waals surface area contributed by atoms with E-state index in [0.29, 0.717) is 25.7 Å². The molecule has 0 N–H and O–H groups in total. The molecule has 0 radical (unpaired) electrons. The number of ketones is 1. The van der Waals surface area contributed by atoms with Gasteiger partial charge in [-0.25, -0.2) is 19.2 Å². The highest BCUT2D eigenvalue weighted by Crippen LogP contribution is 2.34. The second kappa shape index (κ2) is 19.7. The molecule has 0 fully saturated rings. The van der Waals surface area contributed by atoms with Crippen LogP contribution in [-0.4, -0.2) is 52.1 Å². The molecule has 13 heteroatoms. The van der Waals surface area contributed by atoms with E-state index < -0.39 is 52.1 Å². The maximum Gasteiger partial charge on any atom is 0.374 e. The molecule has 2 aromatic carbocycles. The van der Waals surface area contributed by atoms with Gasteiger partial charge >= 0.3 is 23.9 Å². The smallest absolute Gasteiger partial charge is 0.292 e. The van der Waals surface area contributed by atoms with Crippen LogP contribution in [0, 0.1) is 21.7 Å². The van der Waals surface area contributed by atoms with Crippen LogP contribution in [-0.2, 0) is 39.1 Å². The average molecular weight is 871 g/mol. The van der Waals surface area contributed by atoms with E-state index in [2.05, 4.69) is 0 Å². The quantitative estimate of drug-likeness (QED) is 0.0792. The number of rotatable bonds is 18. The Bertz CT molecular complexity index is 1790. The van der Waals surface area contributed by atoms with Crippen molar-refractivity contribution in [2.24, 2.45) is 21.7 Å². The lowest BCUT2D eigenvalue weighted by atomic mass is 9.84. The van der Waals surface area contributed by atoms with Crippen LogP contribution in [0.2, 0.25) is 0 Å². The van der Waals surface area contributed by atoms with E-state index in [1.54, 1.807) is 55.4 Å². The van der Waals surface area contributed by atoms with Gasteiger partial charge in [0.1, 0.15) is 22.4 Å². The van der Waals surface area contributed by atoms with Crippen molar-refractivity contribution in [1.29, 1.82) is 0 Å². The van der Waals surface area contributed by atoms with Crippen LogP contribution in [0.25, 0.3) is 0 Å². The van der Waals surface area contributed by atoms with Crippen LogP contribution >= 0.6 is 0 Å². The highest BCUT2D eigenvalue weighted by atomic mass is 17.2. The van der Waals surface area contributed by atoms with Crippen molar-refractivity contribution >= 4 is 29.7 Å². The Morgan fingerprint density at radius 3 is 0.758 bits per heavy atom. The molecule has 348 valence electrons. The zero-order chi connectivity index (χ0) is 48.1. The van der Waals surface area contributed by atoms with Crippen molar-refractivity contribution in [3.63, 3.8) is 0 Å². The van der Waals surface area contributed by atoms with Crippen molar-refractivity contribution in [2.75, 3.05) is 0 Å². The summed E-state index contributed by atoms with van der Waals surface area (Å²) in [5, 5.41) is 0. The normalized spacial score (nSPS) is 13.4. The van der Waals surface area contributed by atoms with Crippen LogP contribution in [0.15, 0.2) is 36.4 Å². The Kier molecular flexibility index (Phi) is 17.1. The van der Waals surface area contributed by atoms with Crippen LogP contribution < -0.4 is 0 Å². The molecule has 0 aliphatic rings. The molecule has 0 unspecified atom stereocenters. The fourth-order valence-corrected chi connectivity index (χ4v) is 8.24. The first-order chi connectivity index (χ1) is 27.7. The third-order valence-electron chi connectivity index (χ3n) is 8.64. The molecule has 2 aromatic rings. The number of benzene rings is 2. The fourth-order valence-electron chi connectivity index (χ4n) is 8.24. The van der Waals surface area contributed by atoms with Gasteiger partial charge < -0.3 is 0 Å². The maximum absolute atomic E-state index is 14.2. The van der Waals surface area contributed by atoms with Gasteiger partial charge in [0.15, 0.2) is 5.78 Å². The first-order valence-corrected chi connectivity index (χ1v) is 21.1. The predicted molar refractivity (Wildman–Crippen MR) is 235 cm³/mol. The lowest BCUT2D eigenvalue weighted by Gasteiger charge is -2.30. The van der Waals surface area contributed by atoms with E-state index in [0.717, 1.165) is 12.1 Å². The predicted octanol–water partition coefficient (Wildman–Crippen LogP) is 12.1. The summed E-state index contributed by atoms with van der Waals surface area (Å²) in [5.74, 6) is -4.87. The Hall–Kier alpha value is -4.17. The van der Waals surface area contributed by atoms with Gasteiger partial charge in [-0.1, -0.05) is 95.2 Å². The lowest BCUT2D eigenvalue weighted by Crippen LogP contribution is -2.32. The zero-order valence-electron chi connectivity index (χ0n) is 41.1. The summed E-state index contributed by atoms with van der Waals surface area (Å²) in [6.45, 7) is 38.2. The van der Waals surface area contributed by atoms with Crippen LogP contribution in [0.1, 0.15) is 222 Å². The third kappa shape index (κ3) is 19.1. The van der Waals surface area contributed by atoms with Crippen LogP contribution in [0.3, 0.4) is 0 Å². The van der Waals surface area contributed by atoms with Gasteiger partial charge in [-0.2, -0.15) is 19.6 Å². The van der Waals surface area contributed by atoms with E-state index in [1.165, 1.54) is 24.3 Å². The summed E-state index contributed by atoms with van der Waals surface area (Å²) in [7, 11) is 0. The van der Waals surface area contributed by atoms with Crippen LogP contribution in [0.5, 0.6) is 0 Å². The highest BCUT2D eigenvalue weighted by Gasteiger charge is 2.35. The topological polar surface area (TPSA) is 159 Å². The second-order valence-electron chi connectivity index (χ2n) is 23.7. The van der Waals surface area contributed by atoms with Crippen molar-refractivity contribution in [2.45, 2.75) is 187 Å². The summed E-state index contributed by atoms with van der Waals surface area (Å²) in [6.07, 6.45) is 2.07. The molecule has 62 heavy (non-hydrogen) atoms. The zero-order valence-corrected chi connectivity index (χ0v) is 41.1. The van der Waals surface area contributed by atoms with E-state index in [1.807, 2.05) is 83.1 Å². The molecular weight excluding hydrogens is 797 g/mol. The van der Waals surface area contributed by atoms with Gasteiger partial charge in [-0.15, -0.1) is 0 Å². The summed E-state index contributed by atoms with van der Waals surface area (Å²) in [4.78, 5) is 112. The molecule has 0 saturated heterocycles. The van der Waals surface area contributed by atoms with Gasteiger partial charge in [0, 0.05) is 11.1 Å². The Labute approximate surface area is 369 Å². The molecule has 13 nitrogen and oxygen atoms in total. The molecule has 0 amide bonds. The monoisotopic (exact) mass is 871 g/mol. The molecule has 0 aliphatic carbocycles. The molecule has 0 aliphatic heterocycles. The summed E-state index contributed by atoms with van der Waals surface area (Å²) in [6, 6.07) is 7.40. The first-order valence-electron chi connectivity index (χ1n) is 21.1. The van der Waals surface area contributed by atoms with Crippen molar-refractivity contribution < 1.29 is 63.1 Å². The van der Waals surface area contributed by atoms with E-state index in [9.17, 15) is 24.0 Å². The number of carbonyl (C=O) groups excluding carboxylic acids is 5. The Morgan fingerprint density at radius 2 is 0.548 bits per heavy atom. The van der Waals surface area contributed by atoms with E-state index >= 15 is 0 Å². The molecule has 0 saturated carbocycles. The average Bonchev–Trinajstić information content (AvgIpc) is 3.06. The van der Waals surface area contributed by atoms with E-state index in [-0.39, 0.29) is 55.0 Å². The molecule has 0 bridgehead atoms. The Balaban J connectivity index is 2.66. The SMILES string of the molecule is CC(C)(C)CC(C)(C)OOC(=O)c1ccc(C(=O)c2ccc(C(=O)OOC(C)(C)CC(C)(C)C)c(C(=O)OOC(C)(C)CC(C)(C)C)c2)cc1C(=O)OOC(C)(C)CC(C)(C)C. The van der Waals surface area contributed by atoms with Crippen molar-refractivity contribution in [3.8, 4) is 0 Å². The van der Waals surface area contributed by atoms with Gasteiger partial charge in [-0.05, 0) is 127 Å². The molecular formula is C49H74O13. The number of carbonyl (C=O) groups is 5. The molecule has 2 rings (SSSR count). The number of hydrogen-bond acceptors (Lipinski definition) is 13. The third-order valence-corrected chi connectivity index (χ3v) is 8.64. The van der Waals surface area contributed by atoms with Gasteiger partial charge in [0.25, 0.3) is 0 Å². The summed E-state index contributed by atoms with van der Waals surface area (Å²) in [5.41, 5.74) is -5.70. The van der Waals surface area contributed by atoms with Crippen LogP contribution in [0.4, 0.5) is 0 Å². The minimum Gasteiger partial charge on any atom is -0.292 e. The van der Waals surface area contributed by atoms with Gasteiger partial charge in [-0.3, -0.25) is 24.3 Å². The molecule has 0 spiro atoms. The standard InChI is InChI=1S/C49H74O13/c1-42(2,3)27-46(13,14)59-55-38(51)33-23-21-31(25-35(33)40(53)57-61-48(17,18)29-44(7,8)9)37(50)32-22-24-34(39(52)56-60-47(15,16)28-43(4,5)6)36(26-32)41(54)58-62-49(19,20)30-45(10,11)12/h21-26H,27-30H2,1-20H3. The van der Waals surface area contributed by atoms with Gasteiger partial charge in [0.05, 0.1) is 22.3 Å². The highest BCUT2D eigenvalue weighted by molar-refractivity contribution is 6.13. The van der Waals surface area contributed by atoms with E-state index in [4.69, 9.17) is 39.1 Å². The number of hydrogen-bond donors (Lipinski definition) is 0. The largest absolute Gasteiger partial charge is 0.374 e. The lowest BCUT2D eigenvalue weighted by molar-refractivity contribution is -0.313. The molecule has 0 heterocycles. The molecule has 0 aromatic heterocycles. The van der Waals surface area contributed by atoms with Crippen molar-refractivity contribution in [3.05, 3.63) is 69.8 Å². The summed E-state index contributed by atoms with van der Waals surface area (Å²) >= 11 is 0. The van der Waals surface area contributed by atoms with Gasteiger partial charge in [0.2, 0.25) is 0 Å². The molecule has 0 atom stereocenters. The second-order valence-corrected chi connectivity index (χ2v) is 23.7. The maximum atomic E-state index is 14.2. The minimum atomic E-state index is -1.07. The first kappa shape index (κ1) is 54.0. The van der Waals surface area contributed by atoms with Crippen molar-refractivity contribution in [1.82, 2.24) is 0 Å².